The van der Waals surface area contributed by atoms with Gasteiger partial charge in [-0.25, -0.2) is 19.0 Å². The molecule has 36 heavy (non-hydrogen) atoms. The average Bonchev–Trinajstić information content (AvgIpc) is 3.54. The van der Waals surface area contributed by atoms with Gasteiger partial charge in [0.25, 0.3) is 0 Å². The highest BCUT2D eigenvalue weighted by atomic mass is 32.2. The summed E-state index contributed by atoms with van der Waals surface area (Å²) >= 11 is 1.75. The van der Waals surface area contributed by atoms with E-state index in [-0.39, 0.29) is 0 Å². The third kappa shape index (κ3) is 4.61. The summed E-state index contributed by atoms with van der Waals surface area (Å²) in [5.74, 6) is 2.92. The van der Waals surface area contributed by atoms with Crippen molar-refractivity contribution in [2.45, 2.75) is 44.3 Å². The molecule has 1 saturated carbocycles. The second-order valence-corrected chi connectivity index (χ2v) is 11.2. The van der Waals surface area contributed by atoms with Gasteiger partial charge >= 0.3 is 0 Å². The quantitative estimate of drug-likeness (QED) is 0.329. The van der Waals surface area contributed by atoms with Crippen LogP contribution in [0.5, 0.6) is 0 Å². The first-order valence-corrected chi connectivity index (χ1v) is 13.3. The molecule has 1 aliphatic heterocycles. The molecule has 4 heterocycles. The van der Waals surface area contributed by atoms with E-state index in [0.29, 0.717) is 35.1 Å². The monoisotopic (exact) mass is 496 g/mol. The molecule has 1 N–H and O–H groups in total. The Morgan fingerprint density at radius 3 is 2.75 bits per heavy atom. The molecule has 0 atom stereocenters. The Morgan fingerprint density at radius 2 is 1.97 bits per heavy atom. The fourth-order valence-electron chi connectivity index (χ4n) is 4.62. The number of nitrogens with one attached hydrogen (secondary N) is 1. The normalized spacial score (nSPS) is 15.8. The minimum Gasteiger partial charge on any atom is -0.370 e. The van der Waals surface area contributed by atoms with E-state index in [1.807, 2.05) is 28.7 Å². The minimum atomic E-state index is 0.384. The fourth-order valence-corrected chi connectivity index (χ4v) is 5.55. The molecule has 1 aromatic carbocycles. The topological polar surface area (TPSA) is 95.5 Å². The molecule has 0 spiro atoms. The molecule has 4 aromatic rings. The predicted octanol–water partition coefficient (Wildman–Crippen LogP) is 5.76. The zero-order valence-electron chi connectivity index (χ0n) is 20.4. The number of aromatic nitrogens is 5. The molecule has 0 bridgehead atoms. The smallest absolute Gasteiger partial charge is 0.164 e. The number of nitrogens with zero attached hydrogens (tertiary/aromatic N) is 7. The van der Waals surface area contributed by atoms with Crippen molar-refractivity contribution in [3.05, 3.63) is 54.6 Å². The second-order valence-electron chi connectivity index (χ2n) is 9.90. The van der Waals surface area contributed by atoms with E-state index < -0.39 is 0 Å². The number of nitriles is 1. The predicted molar refractivity (Wildman–Crippen MR) is 144 cm³/mol. The molecule has 1 aliphatic carbocycles. The summed E-state index contributed by atoms with van der Waals surface area (Å²) in [5.41, 5.74) is 3.37. The fraction of sp³-hybridized carbons (Fsp3) is 0.370. The van der Waals surface area contributed by atoms with E-state index >= 15 is 0 Å². The summed E-state index contributed by atoms with van der Waals surface area (Å²) in [6.45, 7) is 6.27. The van der Waals surface area contributed by atoms with Crippen LogP contribution in [0.15, 0.2) is 49.1 Å². The zero-order chi connectivity index (χ0) is 24.6. The van der Waals surface area contributed by atoms with Crippen molar-refractivity contribution < 1.29 is 0 Å². The van der Waals surface area contributed by atoms with Crippen LogP contribution in [0.25, 0.3) is 22.2 Å². The third-order valence-electron chi connectivity index (χ3n) is 6.72. The first kappa shape index (κ1) is 22.8. The van der Waals surface area contributed by atoms with Crippen molar-refractivity contribution in [2.24, 2.45) is 5.92 Å². The highest BCUT2D eigenvalue weighted by Crippen LogP contribution is 2.38. The second kappa shape index (κ2) is 9.43. The van der Waals surface area contributed by atoms with Gasteiger partial charge in [-0.1, -0.05) is 19.9 Å². The molecule has 1 saturated heterocycles. The highest BCUT2D eigenvalue weighted by Gasteiger charge is 2.28. The van der Waals surface area contributed by atoms with Crippen LogP contribution in [-0.4, -0.2) is 42.5 Å². The molecule has 2 aliphatic rings. The molecule has 0 unspecified atom stereocenters. The number of rotatable bonds is 8. The van der Waals surface area contributed by atoms with Crippen molar-refractivity contribution in [3.8, 4) is 17.5 Å². The van der Waals surface area contributed by atoms with Crippen LogP contribution in [0.4, 0.5) is 17.3 Å². The molecular weight excluding hydrogens is 468 g/mol. The van der Waals surface area contributed by atoms with Crippen LogP contribution in [0, 0.1) is 17.2 Å². The van der Waals surface area contributed by atoms with Crippen LogP contribution < -0.4 is 10.2 Å². The number of hydrogen-bond acceptors (Lipinski definition) is 8. The van der Waals surface area contributed by atoms with Gasteiger partial charge in [0.15, 0.2) is 5.82 Å². The minimum absolute atomic E-state index is 0.384. The first-order chi connectivity index (χ1) is 17.6. The van der Waals surface area contributed by atoms with Crippen molar-refractivity contribution >= 4 is 40.0 Å². The third-order valence-corrected chi connectivity index (χ3v) is 7.91. The van der Waals surface area contributed by atoms with E-state index in [1.54, 1.807) is 18.1 Å². The number of pyridine rings is 1. The van der Waals surface area contributed by atoms with Gasteiger partial charge in [0, 0.05) is 60.3 Å². The largest absolute Gasteiger partial charge is 0.370 e. The van der Waals surface area contributed by atoms with Gasteiger partial charge in [0.2, 0.25) is 0 Å². The van der Waals surface area contributed by atoms with Gasteiger partial charge < -0.3 is 10.2 Å². The maximum atomic E-state index is 9.00. The number of hydrogen-bond donors (Lipinski definition) is 1. The van der Waals surface area contributed by atoms with Gasteiger partial charge in [-0.3, -0.25) is 0 Å². The Morgan fingerprint density at radius 1 is 1.11 bits per heavy atom. The maximum Gasteiger partial charge on any atom is 0.164 e. The first-order valence-electron chi connectivity index (χ1n) is 12.4. The Hall–Kier alpha value is -3.64. The van der Waals surface area contributed by atoms with Crippen molar-refractivity contribution in [2.75, 3.05) is 23.3 Å². The molecule has 0 radical (unpaired) electrons. The van der Waals surface area contributed by atoms with Crippen molar-refractivity contribution in [3.63, 3.8) is 0 Å². The van der Waals surface area contributed by atoms with Crippen LogP contribution in [0.2, 0.25) is 0 Å². The highest BCUT2D eigenvalue weighted by molar-refractivity contribution is 7.98. The summed E-state index contributed by atoms with van der Waals surface area (Å²) in [6.07, 6.45) is 10.7. The maximum absolute atomic E-state index is 9.00. The lowest BCUT2D eigenvalue weighted by Crippen LogP contribution is -2.46. The van der Waals surface area contributed by atoms with Gasteiger partial charge in [-0.15, -0.1) is 0 Å². The Labute approximate surface area is 214 Å². The molecule has 182 valence electrons. The Balaban J connectivity index is 1.27. The van der Waals surface area contributed by atoms with E-state index in [1.165, 1.54) is 29.5 Å². The number of benzene rings is 1. The number of fused-ring (bicyclic) bond motifs is 1. The van der Waals surface area contributed by atoms with Crippen LogP contribution in [0.1, 0.15) is 44.6 Å². The van der Waals surface area contributed by atoms with Crippen molar-refractivity contribution in [1.82, 2.24) is 24.1 Å². The van der Waals surface area contributed by atoms with Gasteiger partial charge in [-0.05, 0) is 59.9 Å². The standard InChI is InChI=1S/C27H28N8S/c1-17(2)21-5-6-24(34-14-18(15-34)7-9-28)23-13-30-26(11-22(21)23)32-25-8-10-29-27(33-25)19-12-31-35(16-19)36-20-3-4-20/h5-6,8,10-13,16-18,20H,3-4,7,14-15H2,1-2H3,(H,29,30,32,33). The molecule has 9 heteroatoms. The van der Waals surface area contributed by atoms with Gasteiger partial charge in [0.05, 0.1) is 17.8 Å². The molecule has 6 rings (SSSR count). The Kier molecular flexibility index (Phi) is 5.97. The lowest BCUT2D eigenvalue weighted by molar-refractivity contribution is 0.419. The Bertz CT molecular complexity index is 1450. The zero-order valence-corrected chi connectivity index (χ0v) is 21.2. The van der Waals surface area contributed by atoms with E-state index in [2.05, 4.69) is 58.4 Å². The van der Waals surface area contributed by atoms with E-state index in [4.69, 9.17) is 15.2 Å². The summed E-state index contributed by atoms with van der Waals surface area (Å²) in [7, 11) is 0. The van der Waals surface area contributed by atoms with Gasteiger partial charge in [-0.2, -0.15) is 10.4 Å². The summed E-state index contributed by atoms with van der Waals surface area (Å²) in [5, 5.41) is 19.8. The lowest BCUT2D eigenvalue weighted by Gasteiger charge is -2.40. The lowest BCUT2D eigenvalue weighted by atomic mass is 9.92. The van der Waals surface area contributed by atoms with Crippen molar-refractivity contribution in [1.29, 1.82) is 5.26 Å². The van der Waals surface area contributed by atoms with Crippen LogP contribution in [-0.2, 0) is 0 Å². The van der Waals surface area contributed by atoms with E-state index in [9.17, 15) is 0 Å². The summed E-state index contributed by atoms with van der Waals surface area (Å²) in [6, 6.07) is 10.7. The molecular formula is C27H28N8S. The molecule has 0 amide bonds. The van der Waals surface area contributed by atoms with Crippen LogP contribution >= 0.6 is 11.9 Å². The summed E-state index contributed by atoms with van der Waals surface area (Å²) in [4.78, 5) is 16.3. The van der Waals surface area contributed by atoms with Crippen LogP contribution in [0.3, 0.4) is 0 Å². The molecule has 3 aromatic heterocycles. The molecule has 8 nitrogen and oxygen atoms in total. The van der Waals surface area contributed by atoms with E-state index in [0.717, 1.165) is 29.9 Å². The molecule has 2 fully saturated rings. The SMILES string of the molecule is CC(C)c1ccc(N2CC(CC#N)C2)c2cnc(Nc3ccnc(-c4cnn(SC5CC5)c4)n3)cc12. The average molecular weight is 497 g/mol. The number of anilines is 3. The summed E-state index contributed by atoms with van der Waals surface area (Å²) < 4.78 is 1.91. The van der Waals surface area contributed by atoms with Gasteiger partial charge in [0.1, 0.15) is 11.6 Å².